The van der Waals surface area contributed by atoms with E-state index in [-0.39, 0.29) is 11.9 Å². The van der Waals surface area contributed by atoms with Crippen LogP contribution in [0, 0.1) is 11.3 Å². The molecular weight excluding hydrogens is 230 g/mol. The van der Waals surface area contributed by atoms with Crippen LogP contribution in [0.5, 0.6) is 5.75 Å². The molecule has 94 valence electrons. The molecule has 5 heteroatoms. The molecule has 0 radical (unpaired) electrons. The molecule has 1 aromatic carbocycles. The molecule has 2 N–H and O–H groups in total. The predicted octanol–water partition coefficient (Wildman–Crippen LogP) is 0.545. The lowest BCUT2D eigenvalue weighted by Gasteiger charge is -2.11. The fraction of sp³-hybridized carbons (Fsp3) is 0.385. The highest BCUT2D eigenvalue weighted by Gasteiger charge is 2.20. The molecule has 1 heterocycles. The summed E-state index contributed by atoms with van der Waals surface area (Å²) in [6.07, 6.45) is 0.515. The Morgan fingerprint density at radius 3 is 3.06 bits per heavy atom. The van der Waals surface area contributed by atoms with E-state index in [4.69, 9.17) is 10.00 Å². The van der Waals surface area contributed by atoms with Gasteiger partial charge in [-0.05, 0) is 17.7 Å². The number of nitriles is 1. The summed E-state index contributed by atoms with van der Waals surface area (Å²) in [4.78, 5) is 11.0. The standard InChI is InChI=1S/C13H15N3O2/c1-18-12-3-2-9(4-10(12)6-14)7-15-11-5-13(17)16-8-11/h2-4,11,15H,5,7-8H2,1H3,(H,16,17). The monoisotopic (exact) mass is 245 g/mol. The van der Waals surface area contributed by atoms with E-state index in [0.29, 0.717) is 30.8 Å². The largest absolute Gasteiger partial charge is 0.495 e. The Morgan fingerprint density at radius 2 is 2.44 bits per heavy atom. The average Bonchev–Trinajstić information content (AvgIpc) is 2.81. The molecule has 0 bridgehead atoms. The highest BCUT2D eigenvalue weighted by Crippen LogP contribution is 2.18. The number of ether oxygens (including phenoxy) is 1. The summed E-state index contributed by atoms with van der Waals surface area (Å²) < 4.78 is 5.09. The summed E-state index contributed by atoms with van der Waals surface area (Å²) in [7, 11) is 1.55. The highest BCUT2D eigenvalue weighted by molar-refractivity contribution is 5.78. The first-order valence-electron chi connectivity index (χ1n) is 5.80. The van der Waals surface area contributed by atoms with E-state index < -0.39 is 0 Å². The van der Waals surface area contributed by atoms with Crippen molar-refractivity contribution in [1.29, 1.82) is 5.26 Å². The molecule has 2 rings (SSSR count). The average molecular weight is 245 g/mol. The first kappa shape index (κ1) is 12.4. The van der Waals surface area contributed by atoms with Crippen LogP contribution in [0.4, 0.5) is 0 Å². The Kier molecular flexibility index (Phi) is 3.80. The molecule has 0 saturated carbocycles. The highest BCUT2D eigenvalue weighted by atomic mass is 16.5. The van der Waals surface area contributed by atoms with Crippen LogP contribution in [-0.2, 0) is 11.3 Å². The fourth-order valence-electron chi connectivity index (χ4n) is 1.96. The van der Waals surface area contributed by atoms with Crippen LogP contribution in [0.15, 0.2) is 18.2 Å². The van der Waals surface area contributed by atoms with Crippen LogP contribution in [0.25, 0.3) is 0 Å². The van der Waals surface area contributed by atoms with Crippen molar-refractivity contribution >= 4 is 5.91 Å². The van der Waals surface area contributed by atoms with Gasteiger partial charge in [0.05, 0.1) is 12.7 Å². The molecule has 1 aliphatic heterocycles. The molecule has 1 amide bonds. The second-order valence-electron chi connectivity index (χ2n) is 4.23. The molecule has 1 unspecified atom stereocenters. The van der Waals surface area contributed by atoms with Crippen LogP contribution in [0.3, 0.4) is 0 Å². The van der Waals surface area contributed by atoms with Gasteiger partial charge < -0.3 is 15.4 Å². The third kappa shape index (κ3) is 2.79. The normalized spacial score (nSPS) is 18.2. The van der Waals surface area contributed by atoms with E-state index in [1.807, 2.05) is 6.07 Å². The first-order chi connectivity index (χ1) is 8.72. The number of nitrogens with zero attached hydrogens (tertiary/aromatic N) is 1. The number of nitrogens with one attached hydrogen (secondary N) is 2. The van der Waals surface area contributed by atoms with Gasteiger partial charge in [0.2, 0.25) is 5.91 Å². The number of carbonyl (C=O) groups is 1. The van der Waals surface area contributed by atoms with Gasteiger partial charge in [0.1, 0.15) is 11.8 Å². The van der Waals surface area contributed by atoms with Crippen LogP contribution in [0.1, 0.15) is 17.5 Å². The van der Waals surface area contributed by atoms with Gasteiger partial charge in [-0.3, -0.25) is 4.79 Å². The van der Waals surface area contributed by atoms with E-state index in [0.717, 1.165) is 5.56 Å². The molecule has 5 nitrogen and oxygen atoms in total. The van der Waals surface area contributed by atoms with Crippen molar-refractivity contribution < 1.29 is 9.53 Å². The smallest absolute Gasteiger partial charge is 0.221 e. The van der Waals surface area contributed by atoms with Gasteiger partial charge in [0.15, 0.2) is 0 Å². The van der Waals surface area contributed by atoms with Crippen LogP contribution in [0.2, 0.25) is 0 Å². The van der Waals surface area contributed by atoms with Crippen molar-refractivity contribution in [2.24, 2.45) is 0 Å². The molecule has 0 spiro atoms. The number of amides is 1. The lowest BCUT2D eigenvalue weighted by molar-refractivity contribution is -0.119. The van der Waals surface area contributed by atoms with Crippen molar-refractivity contribution in [3.8, 4) is 11.8 Å². The predicted molar refractivity (Wildman–Crippen MR) is 66.0 cm³/mol. The summed E-state index contributed by atoms with van der Waals surface area (Å²) in [6.45, 7) is 1.30. The molecule has 1 saturated heterocycles. The number of benzene rings is 1. The molecule has 1 fully saturated rings. The zero-order valence-corrected chi connectivity index (χ0v) is 10.2. The SMILES string of the molecule is COc1ccc(CNC2CNC(=O)C2)cc1C#N. The van der Waals surface area contributed by atoms with Gasteiger partial charge in [0.25, 0.3) is 0 Å². The summed E-state index contributed by atoms with van der Waals surface area (Å²) in [6, 6.07) is 7.77. The van der Waals surface area contributed by atoms with Gasteiger partial charge in [-0.1, -0.05) is 6.07 Å². The van der Waals surface area contributed by atoms with Gasteiger partial charge in [-0.25, -0.2) is 0 Å². The topological polar surface area (TPSA) is 74.2 Å². The summed E-state index contributed by atoms with van der Waals surface area (Å²) in [5, 5.41) is 15.0. The summed E-state index contributed by atoms with van der Waals surface area (Å²) >= 11 is 0. The second kappa shape index (κ2) is 5.52. The Hall–Kier alpha value is -2.06. The Balaban J connectivity index is 1.98. The lowest BCUT2D eigenvalue weighted by Crippen LogP contribution is -2.30. The maximum atomic E-state index is 11.0. The maximum Gasteiger partial charge on any atom is 0.221 e. The summed E-state index contributed by atoms with van der Waals surface area (Å²) in [5.41, 5.74) is 1.53. The van der Waals surface area contributed by atoms with Crippen molar-refractivity contribution in [2.75, 3.05) is 13.7 Å². The van der Waals surface area contributed by atoms with Crippen LogP contribution >= 0.6 is 0 Å². The van der Waals surface area contributed by atoms with E-state index in [1.54, 1.807) is 19.2 Å². The number of rotatable bonds is 4. The minimum atomic E-state index is 0.0833. The minimum absolute atomic E-state index is 0.0833. The first-order valence-corrected chi connectivity index (χ1v) is 5.80. The summed E-state index contributed by atoms with van der Waals surface area (Å²) in [5.74, 6) is 0.666. The van der Waals surface area contributed by atoms with Gasteiger partial charge in [-0.15, -0.1) is 0 Å². The van der Waals surface area contributed by atoms with Crippen LogP contribution < -0.4 is 15.4 Å². The number of hydrogen-bond acceptors (Lipinski definition) is 4. The molecule has 1 aliphatic rings. The molecular formula is C13H15N3O2. The molecule has 0 aromatic heterocycles. The Labute approximate surface area is 106 Å². The van der Waals surface area contributed by atoms with Crippen molar-refractivity contribution in [3.63, 3.8) is 0 Å². The maximum absolute atomic E-state index is 11.0. The Morgan fingerprint density at radius 1 is 1.61 bits per heavy atom. The van der Waals surface area contributed by atoms with Gasteiger partial charge in [0, 0.05) is 25.6 Å². The molecule has 0 aliphatic carbocycles. The van der Waals surface area contributed by atoms with Gasteiger partial charge in [-0.2, -0.15) is 5.26 Å². The van der Waals surface area contributed by atoms with E-state index in [9.17, 15) is 4.79 Å². The molecule has 1 aromatic rings. The Bertz CT molecular complexity index is 493. The van der Waals surface area contributed by atoms with Crippen molar-refractivity contribution in [3.05, 3.63) is 29.3 Å². The molecule has 18 heavy (non-hydrogen) atoms. The van der Waals surface area contributed by atoms with Crippen molar-refractivity contribution in [2.45, 2.75) is 19.0 Å². The molecule has 1 atom stereocenters. The third-order valence-corrected chi connectivity index (χ3v) is 2.96. The zero-order chi connectivity index (χ0) is 13.0. The fourth-order valence-corrected chi connectivity index (χ4v) is 1.96. The quantitative estimate of drug-likeness (QED) is 0.812. The van der Waals surface area contributed by atoms with Crippen LogP contribution in [-0.4, -0.2) is 25.6 Å². The lowest BCUT2D eigenvalue weighted by atomic mass is 10.1. The zero-order valence-electron chi connectivity index (χ0n) is 10.2. The second-order valence-corrected chi connectivity index (χ2v) is 4.23. The number of hydrogen-bond donors (Lipinski definition) is 2. The third-order valence-electron chi connectivity index (χ3n) is 2.96. The minimum Gasteiger partial charge on any atom is -0.495 e. The number of methoxy groups -OCH3 is 1. The van der Waals surface area contributed by atoms with E-state index in [1.165, 1.54) is 0 Å². The van der Waals surface area contributed by atoms with Gasteiger partial charge >= 0.3 is 0 Å². The number of carbonyl (C=O) groups excluding carboxylic acids is 1. The van der Waals surface area contributed by atoms with Crippen molar-refractivity contribution in [1.82, 2.24) is 10.6 Å². The van der Waals surface area contributed by atoms with E-state index in [2.05, 4.69) is 16.7 Å². The van der Waals surface area contributed by atoms with E-state index >= 15 is 0 Å².